The van der Waals surface area contributed by atoms with Crippen molar-refractivity contribution >= 4 is 5.78 Å². The molecule has 0 rings (SSSR count). The van der Waals surface area contributed by atoms with Crippen molar-refractivity contribution in [2.24, 2.45) is 5.73 Å². The normalized spacial score (nSPS) is 14.1. The van der Waals surface area contributed by atoms with E-state index in [1.54, 1.807) is 7.11 Å². The van der Waals surface area contributed by atoms with Crippen molar-refractivity contribution in [1.29, 1.82) is 0 Å². The van der Waals surface area contributed by atoms with Crippen LogP contribution in [0.15, 0.2) is 0 Å². The molecule has 84 valence electrons. The summed E-state index contributed by atoms with van der Waals surface area (Å²) in [6.45, 7) is 6.68. The Balaban J connectivity index is 4.03. The van der Waals surface area contributed by atoms with Gasteiger partial charge >= 0.3 is 0 Å². The van der Waals surface area contributed by atoms with Crippen LogP contribution in [-0.2, 0) is 9.53 Å². The van der Waals surface area contributed by atoms with E-state index < -0.39 is 5.54 Å². The Bertz CT molecular complexity index is 177. The highest BCUT2D eigenvalue weighted by Gasteiger charge is 2.25. The monoisotopic (exact) mass is 202 g/mol. The van der Waals surface area contributed by atoms with E-state index >= 15 is 0 Å². The average Bonchev–Trinajstić information content (AvgIpc) is 2.18. The summed E-state index contributed by atoms with van der Waals surface area (Å²) in [6, 6.07) is 0. The average molecular weight is 202 g/mol. The van der Waals surface area contributed by atoms with E-state index in [1.165, 1.54) is 0 Å². The molecule has 0 spiro atoms. The molecule has 0 saturated heterocycles. The number of ether oxygens (including phenoxy) is 1. The highest BCUT2D eigenvalue weighted by atomic mass is 16.5. The molecule has 0 aliphatic rings. The predicted octanol–water partition coefficient (Wildman–Crippen LogP) is 0.307. The Hall–Kier alpha value is -0.450. The van der Waals surface area contributed by atoms with Crippen molar-refractivity contribution in [3.8, 4) is 0 Å². The number of methoxy groups -OCH3 is 1. The minimum Gasteiger partial charge on any atom is -0.379 e. The maximum Gasteiger partial charge on any atom is 0.152 e. The van der Waals surface area contributed by atoms with Crippen molar-refractivity contribution < 1.29 is 9.53 Å². The molecular formula is C10H22N2O2. The summed E-state index contributed by atoms with van der Waals surface area (Å²) in [5.74, 6) is 0.198. The third kappa shape index (κ3) is 4.17. The quantitative estimate of drug-likeness (QED) is 0.623. The predicted molar refractivity (Wildman–Crippen MR) is 57.2 cm³/mol. The molecule has 14 heavy (non-hydrogen) atoms. The smallest absolute Gasteiger partial charge is 0.152 e. The fourth-order valence-corrected chi connectivity index (χ4v) is 1.17. The Morgan fingerprint density at radius 3 is 2.50 bits per heavy atom. The van der Waals surface area contributed by atoms with Gasteiger partial charge in [-0.3, -0.25) is 4.79 Å². The zero-order chi connectivity index (χ0) is 11.2. The van der Waals surface area contributed by atoms with Crippen molar-refractivity contribution in [2.75, 3.05) is 20.2 Å². The molecule has 0 amide bonds. The van der Waals surface area contributed by atoms with Crippen molar-refractivity contribution in [3.05, 3.63) is 0 Å². The van der Waals surface area contributed by atoms with Crippen LogP contribution in [0, 0.1) is 0 Å². The Labute approximate surface area is 86.2 Å². The highest BCUT2D eigenvalue weighted by Crippen LogP contribution is 2.06. The first-order valence-electron chi connectivity index (χ1n) is 4.99. The van der Waals surface area contributed by atoms with Crippen LogP contribution in [-0.4, -0.2) is 37.6 Å². The molecule has 0 heterocycles. The molecule has 1 atom stereocenters. The molecule has 0 aromatic heterocycles. The van der Waals surface area contributed by atoms with Gasteiger partial charge in [0.15, 0.2) is 5.78 Å². The van der Waals surface area contributed by atoms with Gasteiger partial charge in [-0.1, -0.05) is 6.92 Å². The maximum absolute atomic E-state index is 11.5. The summed E-state index contributed by atoms with van der Waals surface area (Å²) in [5, 5.41) is 3.16. The second-order valence-corrected chi connectivity index (χ2v) is 3.88. The molecule has 1 unspecified atom stereocenters. The third-order valence-corrected chi connectivity index (χ3v) is 2.39. The Morgan fingerprint density at radius 2 is 2.14 bits per heavy atom. The number of carbonyl (C=O) groups is 1. The van der Waals surface area contributed by atoms with E-state index in [2.05, 4.69) is 5.32 Å². The van der Waals surface area contributed by atoms with E-state index in [9.17, 15) is 4.79 Å². The second kappa shape index (κ2) is 6.11. The number of rotatable bonds is 7. The zero-order valence-corrected chi connectivity index (χ0v) is 9.59. The lowest BCUT2D eigenvalue weighted by molar-refractivity contribution is -0.124. The second-order valence-electron chi connectivity index (χ2n) is 3.88. The molecule has 0 radical (unpaired) electrons. The van der Waals surface area contributed by atoms with Gasteiger partial charge in [0, 0.05) is 26.6 Å². The molecule has 0 aliphatic heterocycles. The van der Waals surface area contributed by atoms with Gasteiger partial charge in [-0.15, -0.1) is 0 Å². The van der Waals surface area contributed by atoms with Gasteiger partial charge in [-0.05, 0) is 13.8 Å². The first-order chi connectivity index (χ1) is 6.47. The number of hydrogen-bond acceptors (Lipinski definition) is 4. The van der Waals surface area contributed by atoms with Crippen molar-refractivity contribution in [3.63, 3.8) is 0 Å². The first kappa shape index (κ1) is 13.5. The van der Waals surface area contributed by atoms with E-state index in [0.717, 1.165) is 0 Å². The molecule has 0 bridgehead atoms. The van der Waals surface area contributed by atoms with Crippen molar-refractivity contribution in [1.82, 2.24) is 5.32 Å². The minimum absolute atomic E-state index is 0.0288. The summed E-state index contributed by atoms with van der Waals surface area (Å²) >= 11 is 0. The van der Waals surface area contributed by atoms with E-state index in [4.69, 9.17) is 10.5 Å². The molecule has 0 fully saturated rings. The molecule has 0 aliphatic carbocycles. The van der Waals surface area contributed by atoms with E-state index in [-0.39, 0.29) is 11.9 Å². The summed E-state index contributed by atoms with van der Waals surface area (Å²) in [7, 11) is 1.62. The van der Waals surface area contributed by atoms with Crippen LogP contribution < -0.4 is 11.1 Å². The van der Waals surface area contributed by atoms with Crippen molar-refractivity contribution in [2.45, 2.75) is 38.8 Å². The van der Waals surface area contributed by atoms with Crippen LogP contribution >= 0.6 is 0 Å². The molecule has 0 aromatic rings. The molecule has 4 nitrogen and oxygen atoms in total. The Kier molecular flexibility index (Phi) is 5.92. The number of nitrogens with two attached hydrogens (primary N) is 1. The van der Waals surface area contributed by atoms with E-state index in [1.807, 2.05) is 20.8 Å². The zero-order valence-electron chi connectivity index (χ0n) is 9.59. The molecule has 0 saturated carbocycles. The summed E-state index contributed by atoms with van der Waals surface area (Å²) < 4.78 is 5.11. The number of carbonyl (C=O) groups excluding carboxylic acids is 1. The van der Waals surface area contributed by atoms with E-state index in [0.29, 0.717) is 19.5 Å². The highest BCUT2D eigenvalue weighted by molar-refractivity contribution is 5.87. The molecule has 0 aromatic carbocycles. The largest absolute Gasteiger partial charge is 0.379 e. The van der Waals surface area contributed by atoms with Crippen LogP contribution in [0.2, 0.25) is 0 Å². The number of hydrogen-bond donors (Lipinski definition) is 2. The lowest BCUT2D eigenvalue weighted by Crippen LogP contribution is -2.50. The lowest BCUT2D eigenvalue weighted by atomic mass is 9.97. The van der Waals surface area contributed by atoms with Gasteiger partial charge in [-0.2, -0.15) is 0 Å². The van der Waals surface area contributed by atoms with Crippen LogP contribution in [0.1, 0.15) is 27.2 Å². The maximum atomic E-state index is 11.5. The number of ketones is 1. The topological polar surface area (TPSA) is 64.4 Å². The fraction of sp³-hybridized carbons (Fsp3) is 0.900. The Morgan fingerprint density at radius 1 is 1.57 bits per heavy atom. The van der Waals surface area contributed by atoms with Gasteiger partial charge < -0.3 is 15.8 Å². The summed E-state index contributed by atoms with van der Waals surface area (Å²) in [6.07, 6.45) is 0.513. The summed E-state index contributed by atoms with van der Waals surface area (Å²) in [5.41, 5.74) is 4.99. The standard InChI is InChI=1S/C10H22N2O2/c1-5-9(13)10(2,3)12-7-8(6-11)14-4/h8,12H,5-7,11H2,1-4H3. The molecule has 4 heteroatoms. The SMILES string of the molecule is CCC(=O)C(C)(C)NCC(CN)OC. The molecule has 3 N–H and O–H groups in total. The lowest BCUT2D eigenvalue weighted by Gasteiger charge is -2.26. The van der Waals surface area contributed by atoms with Crippen LogP contribution in [0.3, 0.4) is 0 Å². The van der Waals surface area contributed by atoms with Crippen LogP contribution in [0.4, 0.5) is 0 Å². The summed E-state index contributed by atoms with van der Waals surface area (Å²) in [4.78, 5) is 11.5. The molecular weight excluding hydrogens is 180 g/mol. The first-order valence-corrected chi connectivity index (χ1v) is 4.99. The van der Waals surface area contributed by atoms with Gasteiger partial charge in [0.2, 0.25) is 0 Å². The van der Waals surface area contributed by atoms with Gasteiger partial charge in [-0.25, -0.2) is 0 Å². The van der Waals surface area contributed by atoms with Gasteiger partial charge in [0.25, 0.3) is 0 Å². The number of Topliss-reactive ketones (excluding diaryl/α,β-unsaturated/α-hetero) is 1. The van der Waals surface area contributed by atoms with Gasteiger partial charge in [0.05, 0.1) is 11.6 Å². The van der Waals surface area contributed by atoms with Crippen LogP contribution in [0.5, 0.6) is 0 Å². The third-order valence-electron chi connectivity index (χ3n) is 2.39. The number of nitrogens with one attached hydrogen (secondary N) is 1. The minimum atomic E-state index is -0.485. The van der Waals surface area contributed by atoms with Crippen LogP contribution in [0.25, 0.3) is 0 Å². The van der Waals surface area contributed by atoms with Gasteiger partial charge in [0.1, 0.15) is 0 Å². The fourth-order valence-electron chi connectivity index (χ4n) is 1.17.